The second kappa shape index (κ2) is 5.23. The maximum Gasteiger partial charge on any atom is 0.242 e. The van der Waals surface area contributed by atoms with E-state index in [1.165, 1.54) is 18.2 Å². The van der Waals surface area contributed by atoms with Gasteiger partial charge in [-0.2, -0.15) is 5.26 Å². The lowest BCUT2D eigenvalue weighted by Gasteiger charge is -2.45. The topological polar surface area (TPSA) is 105 Å². The van der Waals surface area contributed by atoms with E-state index in [1.54, 1.807) is 0 Å². The highest BCUT2D eigenvalue weighted by molar-refractivity contribution is 7.89. The summed E-state index contributed by atoms with van der Waals surface area (Å²) in [5.41, 5.74) is 6.22. The summed E-state index contributed by atoms with van der Waals surface area (Å²) in [6, 6.07) is 5.29. The Morgan fingerprint density at radius 2 is 2.24 bits per heavy atom. The normalized spacial score (nSPS) is 31.3. The van der Waals surface area contributed by atoms with E-state index in [-0.39, 0.29) is 33.5 Å². The summed E-state index contributed by atoms with van der Waals surface area (Å²) in [6.07, 6.45) is 0.682. The molecule has 0 radical (unpaired) electrons. The van der Waals surface area contributed by atoms with Gasteiger partial charge in [0, 0.05) is 18.6 Å². The number of benzene rings is 1. The molecule has 4 atom stereocenters. The number of nitrogens with two attached hydrogens (primary N) is 1. The largest absolute Gasteiger partial charge is 0.376 e. The Labute approximate surface area is 127 Å². The van der Waals surface area contributed by atoms with E-state index in [4.69, 9.17) is 27.3 Å². The van der Waals surface area contributed by atoms with Crippen molar-refractivity contribution in [3.8, 4) is 6.07 Å². The number of halogens is 1. The first-order valence-corrected chi connectivity index (χ1v) is 8.39. The molecule has 0 bridgehead atoms. The average molecular weight is 328 g/mol. The molecule has 0 amide bonds. The van der Waals surface area contributed by atoms with Crippen molar-refractivity contribution >= 4 is 21.6 Å². The van der Waals surface area contributed by atoms with Crippen LogP contribution in [0.25, 0.3) is 0 Å². The van der Waals surface area contributed by atoms with Crippen molar-refractivity contribution < 1.29 is 13.2 Å². The van der Waals surface area contributed by atoms with Gasteiger partial charge in [0.25, 0.3) is 0 Å². The molecule has 1 aromatic rings. The lowest BCUT2D eigenvalue weighted by molar-refractivity contribution is -0.00923. The molecule has 0 aromatic heterocycles. The molecule has 1 saturated carbocycles. The molecule has 21 heavy (non-hydrogen) atoms. The Bertz CT molecular complexity index is 716. The van der Waals surface area contributed by atoms with Crippen LogP contribution in [0, 0.1) is 17.2 Å². The minimum Gasteiger partial charge on any atom is -0.376 e. The fourth-order valence-electron chi connectivity index (χ4n) is 2.92. The SMILES string of the molecule is N#Cc1ccc(Cl)c(S(=O)(=O)NC2C(N)C3CCOC32)c1. The van der Waals surface area contributed by atoms with Crippen molar-refractivity contribution in [1.29, 1.82) is 5.26 Å². The summed E-state index contributed by atoms with van der Waals surface area (Å²) in [4.78, 5) is -0.114. The third-order valence-corrected chi connectivity index (χ3v) is 6.03. The van der Waals surface area contributed by atoms with Gasteiger partial charge in [-0.25, -0.2) is 13.1 Å². The Kier molecular flexibility index (Phi) is 3.67. The van der Waals surface area contributed by atoms with Crippen LogP contribution in [0.15, 0.2) is 23.1 Å². The summed E-state index contributed by atoms with van der Waals surface area (Å²) in [7, 11) is -3.85. The second-order valence-electron chi connectivity index (χ2n) is 5.27. The number of hydrogen-bond acceptors (Lipinski definition) is 5. The van der Waals surface area contributed by atoms with Crippen LogP contribution < -0.4 is 10.5 Å². The van der Waals surface area contributed by atoms with Crippen molar-refractivity contribution in [3.63, 3.8) is 0 Å². The number of nitriles is 1. The maximum atomic E-state index is 12.4. The highest BCUT2D eigenvalue weighted by Crippen LogP contribution is 2.38. The fraction of sp³-hybridized carbons (Fsp3) is 0.462. The van der Waals surface area contributed by atoms with Gasteiger partial charge in [0.05, 0.1) is 28.8 Å². The number of sulfonamides is 1. The molecule has 1 saturated heterocycles. The quantitative estimate of drug-likeness (QED) is 0.846. The van der Waals surface area contributed by atoms with E-state index in [0.717, 1.165) is 6.42 Å². The van der Waals surface area contributed by atoms with Crippen LogP contribution in [-0.4, -0.2) is 33.2 Å². The summed E-state index contributed by atoms with van der Waals surface area (Å²) in [5.74, 6) is 0.207. The van der Waals surface area contributed by atoms with Crippen molar-refractivity contribution in [1.82, 2.24) is 4.72 Å². The summed E-state index contributed by atoms with van der Waals surface area (Å²) >= 11 is 5.94. The molecule has 8 heteroatoms. The van der Waals surface area contributed by atoms with Crippen molar-refractivity contribution in [3.05, 3.63) is 28.8 Å². The smallest absolute Gasteiger partial charge is 0.242 e. The van der Waals surface area contributed by atoms with E-state index >= 15 is 0 Å². The summed E-state index contributed by atoms with van der Waals surface area (Å²) in [5, 5.41) is 8.94. The van der Waals surface area contributed by atoms with E-state index < -0.39 is 16.1 Å². The first kappa shape index (κ1) is 14.8. The highest BCUT2D eigenvalue weighted by atomic mass is 35.5. The first-order chi connectivity index (χ1) is 9.94. The Morgan fingerprint density at radius 1 is 1.48 bits per heavy atom. The maximum absolute atomic E-state index is 12.4. The molecule has 2 fully saturated rings. The van der Waals surface area contributed by atoms with Crippen LogP contribution in [0.2, 0.25) is 5.02 Å². The van der Waals surface area contributed by atoms with E-state index in [1.807, 2.05) is 6.07 Å². The Hall–Kier alpha value is -1.17. The zero-order chi connectivity index (χ0) is 15.2. The van der Waals surface area contributed by atoms with Crippen molar-refractivity contribution in [2.45, 2.75) is 29.5 Å². The zero-order valence-electron chi connectivity index (χ0n) is 11.0. The molecule has 0 spiro atoms. The summed E-state index contributed by atoms with van der Waals surface area (Å²) in [6.45, 7) is 0.603. The zero-order valence-corrected chi connectivity index (χ0v) is 12.6. The van der Waals surface area contributed by atoms with Gasteiger partial charge in [0.2, 0.25) is 10.0 Å². The number of ether oxygens (including phenoxy) is 1. The van der Waals surface area contributed by atoms with Crippen molar-refractivity contribution in [2.75, 3.05) is 6.61 Å². The van der Waals surface area contributed by atoms with Gasteiger partial charge < -0.3 is 10.5 Å². The van der Waals surface area contributed by atoms with Crippen LogP contribution in [0.5, 0.6) is 0 Å². The van der Waals surface area contributed by atoms with Gasteiger partial charge >= 0.3 is 0 Å². The fourth-order valence-corrected chi connectivity index (χ4v) is 4.72. The van der Waals surface area contributed by atoms with E-state index in [2.05, 4.69) is 4.72 Å². The number of fused-ring (bicyclic) bond motifs is 1. The molecule has 1 aliphatic heterocycles. The molecule has 1 heterocycles. The molecular formula is C13H14ClN3O3S. The number of nitrogens with one attached hydrogen (secondary N) is 1. The van der Waals surface area contributed by atoms with Gasteiger partial charge in [-0.15, -0.1) is 0 Å². The number of nitrogens with zero attached hydrogens (tertiary/aromatic N) is 1. The lowest BCUT2D eigenvalue weighted by atomic mass is 9.73. The predicted octanol–water partition coefficient (Wildman–Crippen LogP) is 0.605. The standard InChI is InChI=1S/C13H14ClN3O3S/c14-9-2-1-7(6-15)5-10(9)21(18,19)17-12-11(16)8-3-4-20-13(8)12/h1-2,5,8,11-13,17H,3-4,16H2. The molecule has 3 rings (SSSR count). The number of hydrogen-bond donors (Lipinski definition) is 2. The molecular weight excluding hydrogens is 314 g/mol. The predicted molar refractivity (Wildman–Crippen MR) is 76.1 cm³/mol. The van der Waals surface area contributed by atoms with Crippen LogP contribution in [-0.2, 0) is 14.8 Å². The third kappa shape index (κ3) is 2.43. The first-order valence-electron chi connectivity index (χ1n) is 6.53. The minimum absolute atomic E-state index is 0.0679. The highest BCUT2D eigenvalue weighted by Gasteiger charge is 2.53. The average Bonchev–Trinajstić information content (AvgIpc) is 2.90. The molecule has 3 N–H and O–H groups in total. The molecule has 1 aromatic carbocycles. The van der Waals surface area contributed by atoms with Gasteiger partial charge in [-0.1, -0.05) is 11.6 Å². The molecule has 2 aliphatic rings. The van der Waals surface area contributed by atoms with Crippen LogP contribution in [0.1, 0.15) is 12.0 Å². The van der Waals surface area contributed by atoms with Gasteiger partial charge in [-0.05, 0) is 24.6 Å². The molecule has 4 unspecified atom stereocenters. The van der Waals surface area contributed by atoms with Crippen LogP contribution in [0.3, 0.4) is 0 Å². The van der Waals surface area contributed by atoms with E-state index in [9.17, 15) is 8.42 Å². The van der Waals surface area contributed by atoms with Crippen LogP contribution >= 0.6 is 11.6 Å². The van der Waals surface area contributed by atoms with Gasteiger partial charge in [0.15, 0.2) is 0 Å². The molecule has 112 valence electrons. The number of rotatable bonds is 3. The minimum atomic E-state index is -3.85. The lowest BCUT2D eigenvalue weighted by Crippen LogP contribution is -2.68. The third-order valence-electron chi connectivity index (χ3n) is 4.09. The Balaban J connectivity index is 1.86. The monoisotopic (exact) mass is 327 g/mol. The van der Waals surface area contributed by atoms with Crippen LogP contribution in [0.4, 0.5) is 0 Å². The molecule has 1 aliphatic carbocycles. The van der Waals surface area contributed by atoms with Crippen molar-refractivity contribution in [2.24, 2.45) is 11.7 Å². The molecule has 6 nitrogen and oxygen atoms in total. The van der Waals surface area contributed by atoms with E-state index in [0.29, 0.717) is 6.61 Å². The Morgan fingerprint density at radius 3 is 2.95 bits per heavy atom. The second-order valence-corrected chi connectivity index (χ2v) is 7.36. The van der Waals surface area contributed by atoms with Gasteiger partial charge in [-0.3, -0.25) is 0 Å². The van der Waals surface area contributed by atoms with Gasteiger partial charge in [0.1, 0.15) is 4.90 Å². The summed E-state index contributed by atoms with van der Waals surface area (Å²) < 4.78 is 32.9.